The van der Waals surface area contributed by atoms with Gasteiger partial charge >= 0.3 is 6.03 Å². The topological polar surface area (TPSA) is 81.1 Å². The van der Waals surface area contributed by atoms with Crippen molar-refractivity contribution < 1.29 is 9.53 Å². The van der Waals surface area contributed by atoms with E-state index in [0.717, 1.165) is 38.1 Å². The maximum absolute atomic E-state index is 12.4. The van der Waals surface area contributed by atoms with Gasteiger partial charge in [0, 0.05) is 19.7 Å². The molecule has 2 aliphatic rings. The van der Waals surface area contributed by atoms with Gasteiger partial charge in [-0.15, -0.1) is 0 Å². The van der Waals surface area contributed by atoms with Crippen LogP contribution in [-0.2, 0) is 17.9 Å². The number of ether oxygens (including phenoxy) is 1. The van der Waals surface area contributed by atoms with Crippen molar-refractivity contribution in [3.8, 4) is 0 Å². The summed E-state index contributed by atoms with van der Waals surface area (Å²) in [5.74, 6) is 2.14. The van der Waals surface area contributed by atoms with Crippen molar-refractivity contribution in [1.29, 1.82) is 0 Å². The first-order valence-electron chi connectivity index (χ1n) is 8.70. The Morgan fingerprint density at radius 3 is 2.96 bits per heavy atom. The van der Waals surface area contributed by atoms with Crippen molar-refractivity contribution in [1.82, 2.24) is 25.4 Å². The third-order valence-corrected chi connectivity index (χ3v) is 5.00. The van der Waals surface area contributed by atoms with Crippen LogP contribution in [0, 0.1) is 5.92 Å². The van der Waals surface area contributed by atoms with E-state index in [-0.39, 0.29) is 12.1 Å². The molecule has 1 aliphatic heterocycles. The molecular formula is C16H27N5O2. The number of nitrogens with zero attached hydrogens (tertiary/aromatic N) is 3. The first kappa shape index (κ1) is 16.2. The number of nitrogens with one attached hydrogen (secondary N) is 2. The molecule has 0 aromatic carbocycles. The summed E-state index contributed by atoms with van der Waals surface area (Å²) in [6.45, 7) is 3.45. The maximum Gasteiger partial charge on any atom is 0.315 e. The number of carbonyl (C=O) groups excluding carboxylic acids is 1. The molecule has 2 heterocycles. The second kappa shape index (κ2) is 7.29. The Morgan fingerprint density at radius 2 is 2.17 bits per heavy atom. The summed E-state index contributed by atoms with van der Waals surface area (Å²) in [6, 6.07) is 0.166. The third kappa shape index (κ3) is 3.65. The Morgan fingerprint density at radius 1 is 1.30 bits per heavy atom. The largest absolute Gasteiger partial charge is 0.377 e. The Hall–Kier alpha value is -1.63. The molecular weight excluding hydrogens is 294 g/mol. The molecule has 1 aliphatic carbocycles. The molecule has 7 heteroatoms. The number of aromatic nitrogens is 3. The SMILES string of the molecule is CC[C@@H]1CCC[C@H]1NC(=O)N[C@@H]1CCCn2nc(COC)nc21. The highest BCUT2D eigenvalue weighted by molar-refractivity contribution is 5.74. The molecule has 0 unspecified atom stereocenters. The average Bonchev–Trinajstić information content (AvgIpc) is 3.14. The zero-order valence-electron chi connectivity index (χ0n) is 14.0. The lowest BCUT2D eigenvalue weighted by Crippen LogP contribution is -2.45. The molecule has 1 aromatic rings. The number of aryl methyl sites for hydroxylation is 1. The number of fused-ring (bicyclic) bond motifs is 1. The number of hydrogen-bond acceptors (Lipinski definition) is 4. The summed E-state index contributed by atoms with van der Waals surface area (Å²) >= 11 is 0. The average molecular weight is 321 g/mol. The zero-order valence-corrected chi connectivity index (χ0v) is 14.0. The van der Waals surface area contributed by atoms with Crippen LogP contribution in [0.3, 0.4) is 0 Å². The molecule has 0 radical (unpaired) electrons. The van der Waals surface area contributed by atoms with Gasteiger partial charge in [-0.05, 0) is 31.6 Å². The first-order chi connectivity index (χ1) is 11.2. The first-order valence-corrected chi connectivity index (χ1v) is 8.70. The van der Waals surface area contributed by atoms with Crippen molar-refractivity contribution in [3.63, 3.8) is 0 Å². The van der Waals surface area contributed by atoms with Crippen molar-refractivity contribution in [3.05, 3.63) is 11.6 Å². The van der Waals surface area contributed by atoms with Crippen molar-refractivity contribution in [2.45, 2.75) is 70.7 Å². The van der Waals surface area contributed by atoms with E-state index in [2.05, 4.69) is 27.6 Å². The summed E-state index contributed by atoms with van der Waals surface area (Å²) < 4.78 is 6.99. The third-order valence-electron chi connectivity index (χ3n) is 5.00. The summed E-state index contributed by atoms with van der Waals surface area (Å²) in [6.07, 6.45) is 6.55. The molecule has 2 amide bonds. The minimum Gasteiger partial charge on any atom is -0.377 e. The van der Waals surface area contributed by atoms with Gasteiger partial charge in [-0.25, -0.2) is 14.5 Å². The Balaban J connectivity index is 1.61. The molecule has 1 saturated carbocycles. The van der Waals surface area contributed by atoms with Gasteiger partial charge in [0.25, 0.3) is 0 Å². The van der Waals surface area contributed by atoms with Gasteiger partial charge in [-0.2, -0.15) is 5.10 Å². The van der Waals surface area contributed by atoms with Gasteiger partial charge in [0.15, 0.2) is 5.82 Å². The maximum atomic E-state index is 12.4. The number of methoxy groups -OCH3 is 1. The Bertz CT molecular complexity index is 545. The summed E-state index contributed by atoms with van der Waals surface area (Å²) in [4.78, 5) is 16.9. The van der Waals surface area contributed by atoms with E-state index in [0.29, 0.717) is 24.4 Å². The van der Waals surface area contributed by atoms with Crippen LogP contribution in [0.1, 0.15) is 63.1 Å². The highest BCUT2D eigenvalue weighted by Crippen LogP contribution is 2.28. The zero-order chi connectivity index (χ0) is 16.2. The summed E-state index contributed by atoms with van der Waals surface area (Å²) in [5.41, 5.74) is 0. The standard InChI is InChI=1S/C16H27N5O2/c1-3-11-6-4-7-12(11)17-16(22)18-13-8-5-9-21-15(13)19-14(20-21)10-23-2/h11-13H,3-10H2,1-2H3,(H2,17,18,22)/t11-,12-,13-/m1/s1. The lowest BCUT2D eigenvalue weighted by atomic mass is 10.0. The van der Waals surface area contributed by atoms with Crippen LogP contribution in [0.4, 0.5) is 4.79 Å². The fourth-order valence-electron chi connectivity index (χ4n) is 3.81. The lowest BCUT2D eigenvalue weighted by molar-refractivity contribution is 0.177. The molecule has 2 N–H and O–H groups in total. The quantitative estimate of drug-likeness (QED) is 0.870. The number of carbonyl (C=O) groups is 1. The van der Waals surface area contributed by atoms with E-state index in [4.69, 9.17) is 4.74 Å². The smallest absolute Gasteiger partial charge is 0.315 e. The van der Waals surface area contributed by atoms with E-state index in [9.17, 15) is 4.79 Å². The van der Waals surface area contributed by atoms with Gasteiger partial charge < -0.3 is 15.4 Å². The number of urea groups is 1. The molecule has 3 atom stereocenters. The van der Waals surface area contributed by atoms with Crippen LogP contribution in [0.15, 0.2) is 0 Å². The molecule has 1 fully saturated rings. The molecule has 0 saturated heterocycles. The minimum absolute atomic E-state index is 0.0664. The Labute approximate surface area is 137 Å². The van der Waals surface area contributed by atoms with Gasteiger partial charge in [0.05, 0.1) is 6.04 Å². The monoisotopic (exact) mass is 321 g/mol. The summed E-state index contributed by atoms with van der Waals surface area (Å²) in [5, 5.41) is 10.7. The second-order valence-electron chi connectivity index (χ2n) is 6.56. The lowest BCUT2D eigenvalue weighted by Gasteiger charge is -2.25. The van der Waals surface area contributed by atoms with E-state index in [1.165, 1.54) is 12.8 Å². The highest BCUT2D eigenvalue weighted by Gasteiger charge is 2.29. The molecule has 1 aromatic heterocycles. The van der Waals surface area contributed by atoms with E-state index in [1.807, 2.05) is 4.68 Å². The number of hydrogen-bond donors (Lipinski definition) is 2. The van der Waals surface area contributed by atoms with Gasteiger partial charge in [-0.3, -0.25) is 0 Å². The van der Waals surface area contributed by atoms with Crippen molar-refractivity contribution in [2.75, 3.05) is 7.11 Å². The van der Waals surface area contributed by atoms with Crippen LogP contribution in [-0.4, -0.2) is 33.9 Å². The Kier molecular flexibility index (Phi) is 5.15. The van der Waals surface area contributed by atoms with Crippen molar-refractivity contribution >= 4 is 6.03 Å². The van der Waals surface area contributed by atoms with Crippen LogP contribution < -0.4 is 10.6 Å². The molecule has 128 valence electrons. The number of amides is 2. The minimum atomic E-state index is -0.0786. The number of rotatable bonds is 5. The van der Waals surface area contributed by atoms with Crippen LogP contribution >= 0.6 is 0 Å². The van der Waals surface area contributed by atoms with E-state index < -0.39 is 0 Å². The molecule has 23 heavy (non-hydrogen) atoms. The van der Waals surface area contributed by atoms with E-state index in [1.54, 1.807) is 7.11 Å². The molecule has 7 nitrogen and oxygen atoms in total. The van der Waals surface area contributed by atoms with Gasteiger partial charge in [-0.1, -0.05) is 19.8 Å². The van der Waals surface area contributed by atoms with Crippen molar-refractivity contribution in [2.24, 2.45) is 5.92 Å². The fraction of sp³-hybridized carbons (Fsp3) is 0.812. The second-order valence-corrected chi connectivity index (χ2v) is 6.56. The predicted octanol–water partition coefficient (Wildman–Crippen LogP) is 2.14. The summed E-state index contributed by atoms with van der Waals surface area (Å²) in [7, 11) is 1.63. The predicted molar refractivity (Wildman–Crippen MR) is 85.8 cm³/mol. The molecule has 0 bridgehead atoms. The highest BCUT2D eigenvalue weighted by atomic mass is 16.5. The van der Waals surface area contributed by atoms with Crippen LogP contribution in [0.25, 0.3) is 0 Å². The van der Waals surface area contributed by atoms with Crippen LogP contribution in [0.5, 0.6) is 0 Å². The molecule has 3 rings (SSSR count). The van der Waals surface area contributed by atoms with E-state index >= 15 is 0 Å². The van der Waals surface area contributed by atoms with Gasteiger partial charge in [0.2, 0.25) is 0 Å². The molecule has 0 spiro atoms. The van der Waals surface area contributed by atoms with Gasteiger partial charge in [0.1, 0.15) is 12.4 Å². The fourth-order valence-corrected chi connectivity index (χ4v) is 3.81. The normalized spacial score (nSPS) is 26.8. The van der Waals surface area contributed by atoms with Crippen LogP contribution in [0.2, 0.25) is 0 Å².